The highest BCUT2D eigenvalue weighted by Gasteiger charge is 2.20. The molecular weight excluding hydrogens is 398 g/mol. The number of carbonyl (C=O) groups excluding carboxylic acids is 1. The number of ether oxygens (including phenoxy) is 2. The third-order valence-electron chi connectivity index (χ3n) is 4.33. The number of amides is 1. The van der Waals surface area contributed by atoms with Crippen molar-refractivity contribution in [2.24, 2.45) is 0 Å². The van der Waals surface area contributed by atoms with Crippen LogP contribution in [-0.2, 0) is 9.84 Å². The molecule has 1 aliphatic rings. The molecule has 10 heteroatoms. The summed E-state index contributed by atoms with van der Waals surface area (Å²) in [6.45, 7) is 3.35. The fourth-order valence-corrected chi connectivity index (χ4v) is 3.72. The highest BCUT2D eigenvalue weighted by Crippen LogP contribution is 2.35. The first kappa shape index (κ1) is 18.9. The molecule has 0 atom stereocenters. The number of rotatable bonds is 5. The lowest BCUT2D eigenvalue weighted by atomic mass is 10.2. The second-order valence-corrected chi connectivity index (χ2v) is 9.06. The van der Waals surface area contributed by atoms with Gasteiger partial charge in [0.1, 0.15) is 0 Å². The second kappa shape index (κ2) is 7.21. The van der Waals surface area contributed by atoms with Gasteiger partial charge in [-0.2, -0.15) is 0 Å². The molecular formula is C19H17N3O6S. The van der Waals surface area contributed by atoms with Gasteiger partial charge in [0.2, 0.25) is 12.7 Å². The first-order valence-electron chi connectivity index (χ1n) is 8.73. The van der Waals surface area contributed by atoms with Gasteiger partial charge >= 0.3 is 6.01 Å². The molecule has 2 aromatic carbocycles. The van der Waals surface area contributed by atoms with Crippen LogP contribution < -0.4 is 14.8 Å². The largest absolute Gasteiger partial charge is 0.454 e. The molecule has 2 heterocycles. The van der Waals surface area contributed by atoms with Crippen LogP contribution in [0.25, 0.3) is 11.5 Å². The molecule has 3 aromatic rings. The number of hydrogen-bond acceptors (Lipinski definition) is 8. The van der Waals surface area contributed by atoms with Crippen LogP contribution >= 0.6 is 0 Å². The van der Waals surface area contributed by atoms with Gasteiger partial charge in [0.05, 0.1) is 10.1 Å². The van der Waals surface area contributed by atoms with E-state index >= 15 is 0 Å². The van der Waals surface area contributed by atoms with Crippen LogP contribution in [0.15, 0.2) is 51.8 Å². The number of aromatic nitrogens is 2. The maximum absolute atomic E-state index is 12.4. The Morgan fingerprint density at radius 1 is 1.03 bits per heavy atom. The number of benzene rings is 2. The van der Waals surface area contributed by atoms with Crippen LogP contribution in [-0.4, -0.2) is 36.6 Å². The van der Waals surface area contributed by atoms with Crippen molar-refractivity contribution in [1.29, 1.82) is 0 Å². The Hall–Kier alpha value is -3.40. The molecule has 0 bridgehead atoms. The van der Waals surface area contributed by atoms with Gasteiger partial charge in [-0.05, 0) is 56.3 Å². The summed E-state index contributed by atoms with van der Waals surface area (Å²) < 4.78 is 40.4. The number of nitrogens with zero attached hydrogens (tertiary/aromatic N) is 2. The molecule has 1 aliphatic heterocycles. The smallest absolute Gasteiger partial charge is 0.322 e. The van der Waals surface area contributed by atoms with Crippen molar-refractivity contribution < 1.29 is 27.1 Å². The molecule has 0 aliphatic carbocycles. The lowest BCUT2D eigenvalue weighted by Gasteiger charge is -2.08. The van der Waals surface area contributed by atoms with Crippen molar-refractivity contribution >= 4 is 21.8 Å². The summed E-state index contributed by atoms with van der Waals surface area (Å²) >= 11 is 0. The van der Waals surface area contributed by atoms with Gasteiger partial charge in [-0.1, -0.05) is 5.10 Å². The van der Waals surface area contributed by atoms with E-state index in [2.05, 4.69) is 15.5 Å². The Labute approximate surface area is 166 Å². The van der Waals surface area contributed by atoms with E-state index in [-0.39, 0.29) is 29.2 Å². The maximum atomic E-state index is 12.4. The number of fused-ring (bicyclic) bond motifs is 1. The summed E-state index contributed by atoms with van der Waals surface area (Å²) in [5.74, 6) is 0.906. The van der Waals surface area contributed by atoms with Gasteiger partial charge in [-0.3, -0.25) is 10.1 Å². The molecule has 4 rings (SSSR count). The normalized spacial score (nSPS) is 12.9. The van der Waals surface area contributed by atoms with E-state index in [1.807, 2.05) is 0 Å². The van der Waals surface area contributed by atoms with Crippen LogP contribution in [0.1, 0.15) is 24.2 Å². The zero-order chi connectivity index (χ0) is 20.6. The molecule has 0 saturated heterocycles. The molecule has 1 N–H and O–H groups in total. The Balaban J connectivity index is 1.48. The van der Waals surface area contributed by atoms with E-state index < -0.39 is 21.0 Å². The van der Waals surface area contributed by atoms with Gasteiger partial charge in [0.25, 0.3) is 5.91 Å². The summed E-state index contributed by atoms with van der Waals surface area (Å²) in [5.41, 5.74) is 0.876. The maximum Gasteiger partial charge on any atom is 0.322 e. The van der Waals surface area contributed by atoms with E-state index in [0.29, 0.717) is 17.1 Å². The Morgan fingerprint density at radius 2 is 1.76 bits per heavy atom. The molecule has 0 fully saturated rings. The lowest BCUT2D eigenvalue weighted by Crippen LogP contribution is -2.15. The average molecular weight is 415 g/mol. The molecule has 150 valence electrons. The van der Waals surface area contributed by atoms with Gasteiger partial charge in [-0.25, -0.2) is 8.42 Å². The van der Waals surface area contributed by atoms with Crippen molar-refractivity contribution in [2.45, 2.75) is 24.0 Å². The van der Waals surface area contributed by atoms with E-state index in [9.17, 15) is 13.2 Å². The average Bonchev–Trinajstić information content (AvgIpc) is 3.36. The third-order valence-corrected chi connectivity index (χ3v) is 6.50. The van der Waals surface area contributed by atoms with Crippen molar-refractivity contribution in [3.8, 4) is 23.0 Å². The van der Waals surface area contributed by atoms with Crippen molar-refractivity contribution in [3.63, 3.8) is 0 Å². The van der Waals surface area contributed by atoms with Crippen molar-refractivity contribution in [3.05, 3.63) is 48.0 Å². The highest BCUT2D eigenvalue weighted by atomic mass is 32.2. The third kappa shape index (κ3) is 3.66. The van der Waals surface area contributed by atoms with E-state index in [0.717, 1.165) is 0 Å². The molecule has 1 amide bonds. The Kier molecular flexibility index (Phi) is 4.71. The van der Waals surface area contributed by atoms with Gasteiger partial charge in [0, 0.05) is 11.1 Å². The first-order valence-corrected chi connectivity index (χ1v) is 10.3. The number of anilines is 1. The zero-order valence-corrected chi connectivity index (χ0v) is 16.4. The van der Waals surface area contributed by atoms with Crippen molar-refractivity contribution in [2.75, 3.05) is 12.1 Å². The summed E-state index contributed by atoms with van der Waals surface area (Å²) in [6, 6.07) is 10.7. The molecule has 29 heavy (non-hydrogen) atoms. The summed E-state index contributed by atoms with van der Waals surface area (Å²) in [6.07, 6.45) is 0. The van der Waals surface area contributed by atoms with Crippen LogP contribution in [0.3, 0.4) is 0 Å². The van der Waals surface area contributed by atoms with Crippen LogP contribution in [0.5, 0.6) is 11.5 Å². The molecule has 0 spiro atoms. The first-order chi connectivity index (χ1) is 13.8. The topological polar surface area (TPSA) is 121 Å². The number of nitrogens with one attached hydrogen (secondary N) is 1. The van der Waals surface area contributed by atoms with Crippen LogP contribution in [0, 0.1) is 0 Å². The summed E-state index contributed by atoms with van der Waals surface area (Å²) in [7, 11) is -3.40. The molecule has 0 saturated carbocycles. The Morgan fingerprint density at radius 3 is 2.48 bits per heavy atom. The standard InChI is InChI=1S/C19H17N3O6S/c1-11(2)29(24,25)14-6-3-12(4-7-14)17(23)20-19-22-21-18(28-19)13-5-8-15-16(9-13)27-10-26-15/h3-9,11H,10H2,1-2H3,(H,20,22,23). The number of sulfone groups is 1. The van der Waals surface area contributed by atoms with E-state index in [1.54, 1.807) is 32.0 Å². The Bertz CT molecular complexity index is 1170. The second-order valence-electron chi connectivity index (χ2n) is 6.55. The fourth-order valence-electron chi connectivity index (χ4n) is 2.66. The minimum absolute atomic E-state index is 0.0819. The van der Waals surface area contributed by atoms with Crippen LogP contribution in [0.4, 0.5) is 6.01 Å². The van der Waals surface area contributed by atoms with Crippen LogP contribution in [0.2, 0.25) is 0 Å². The SMILES string of the molecule is CC(C)S(=O)(=O)c1ccc(C(=O)Nc2nnc(-c3ccc4c(c3)OCO4)o2)cc1. The predicted molar refractivity (Wildman–Crippen MR) is 103 cm³/mol. The molecule has 1 aromatic heterocycles. The zero-order valence-electron chi connectivity index (χ0n) is 15.6. The number of carbonyl (C=O) groups is 1. The fraction of sp³-hybridized carbons (Fsp3) is 0.211. The minimum atomic E-state index is -3.40. The van der Waals surface area contributed by atoms with E-state index in [1.165, 1.54) is 24.3 Å². The monoisotopic (exact) mass is 415 g/mol. The predicted octanol–water partition coefficient (Wildman–Crippen LogP) is 2.90. The molecule has 9 nitrogen and oxygen atoms in total. The van der Waals surface area contributed by atoms with Gasteiger partial charge in [0.15, 0.2) is 21.3 Å². The minimum Gasteiger partial charge on any atom is -0.454 e. The van der Waals surface area contributed by atoms with E-state index in [4.69, 9.17) is 13.9 Å². The molecule has 0 unspecified atom stereocenters. The van der Waals surface area contributed by atoms with Gasteiger partial charge in [-0.15, -0.1) is 5.10 Å². The summed E-state index contributed by atoms with van der Waals surface area (Å²) in [5, 5.41) is 9.68. The highest BCUT2D eigenvalue weighted by molar-refractivity contribution is 7.92. The van der Waals surface area contributed by atoms with Gasteiger partial charge < -0.3 is 13.9 Å². The molecule has 0 radical (unpaired) electrons. The number of hydrogen-bond donors (Lipinski definition) is 1. The van der Waals surface area contributed by atoms with Crippen molar-refractivity contribution in [1.82, 2.24) is 10.2 Å². The quantitative estimate of drug-likeness (QED) is 0.675. The lowest BCUT2D eigenvalue weighted by molar-refractivity contribution is 0.102. The summed E-state index contributed by atoms with van der Waals surface area (Å²) in [4.78, 5) is 12.5.